The molecule has 1 fully saturated rings. The van der Waals surface area contributed by atoms with Crippen molar-refractivity contribution in [2.24, 2.45) is 5.41 Å². The Kier molecular flexibility index (Phi) is 6.15. The maximum absolute atomic E-state index is 12.7. The predicted molar refractivity (Wildman–Crippen MR) is 86.2 cm³/mol. The number of carboxylic acid groups (broad SMARTS) is 1. The van der Waals surface area contributed by atoms with Crippen molar-refractivity contribution in [1.29, 1.82) is 0 Å². The predicted octanol–water partition coefficient (Wildman–Crippen LogP) is 3.67. The molecule has 0 aliphatic heterocycles. The Hall–Kier alpha value is -1.69. The van der Waals surface area contributed by atoms with Gasteiger partial charge in [0.2, 0.25) is 12.3 Å². The fourth-order valence-electron chi connectivity index (χ4n) is 3.28. The SMILES string of the molecule is O=C(O)C(CC(F)F)NC(=O)C1(Cc2cccc(Cl)c2)CCCC1. The van der Waals surface area contributed by atoms with Gasteiger partial charge in [-0.25, -0.2) is 13.6 Å². The molecule has 1 saturated carbocycles. The third kappa shape index (κ3) is 4.66. The summed E-state index contributed by atoms with van der Waals surface area (Å²) < 4.78 is 25.1. The Labute approximate surface area is 144 Å². The van der Waals surface area contributed by atoms with Gasteiger partial charge in [-0.2, -0.15) is 0 Å². The van der Waals surface area contributed by atoms with Gasteiger partial charge in [0.05, 0.1) is 5.41 Å². The number of benzene rings is 1. The number of carbonyl (C=O) groups is 2. The summed E-state index contributed by atoms with van der Waals surface area (Å²) in [5.41, 5.74) is 0.112. The number of hydrogen-bond donors (Lipinski definition) is 2. The van der Waals surface area contributed by atoms with Crippen molar-refractivity contribution in [3.05, 3.63) is 34.9 Å². The highest BCUT2D eigenvalue weighted by Gasteiger charge is 2.42. The van der Waals surface area contributed by atoms with E-state index in [2.05, 4.69) is 5.32 Å². The molecule has 2 N–H and O–H groups in total. The lowest BCUT2D eigenvalue weighted by Gasteiger charge is -2.29. The summed E-state index contributed by atoms with van der Waals surface area (Å²) >= 11 is 5.98. The van der Waals surface area contributed by atoms with Gasteiger partial charge in [0, 0.05) is 11.4 Å². The van der Waals surface area contributed by atoms with E-state index in [1.807, 2.05) is 6.07 Å². The molecule has 1 amide bonds. The molecule has 0 radical (unpaired) electrons. The lowest BCUT2D eigenvalue weighted by Crippen LogP contribution is -2.49. The molecule has 24 heavy (non-hydrogen) atoms. The highest BCUT2D eigenvalue weighted by atomic mass is 35.5. The lowest BCUT2D eigenvalue weighted by molar-refractivity contribution is -0.145. The standard InChI is InChI=1S/C17H20ClF2NO3/c18-12-5-3-4-11(8-12)10-17(6-1-2-7-17)16(24)21-13(15(22)23)9-14(19)20/h3-5,8,13-14H,1-2,6-7,9-10H2,(H,21,24)(H,22,23). The fourth-order valence-corrected chi connectivity index (χ4v) is 3.50. The number of halogens is 3. The molecule has 0 aromatic heterocycles. The number of carboxylic acids is 1. The molecule has 7 heteroatoms. The van der Waals surface area contributed by atoms with E-state index in [4.69, 9.17) is 16.7 Å². The minimum absolute atomic E-state index is 0.417. The molecular weight excluding hydrogens is 340 g/mol. The Morgan fingerprint density at radius 3 is 2.50 bits per heavy atom. The van der Waals surface area contributed by atoms with Crippen molar-refractivity contribution in [3.8, 4) is 0 Å². The highest BCUT2D eigenvalue weighted by Crippen LogP contribution is 2.41. The summed E-state index contributed by atoms with van der Waals surface area (Å²) in [6, 6.07) is 5.56. The fraction of sp³-hybridized carbons (Fsp3) is 0.529. The van der Waals surface area contributed by atoms with Crippen molar-refractivity contribution >= 4 is 23.5 Å². The Morgan fingerprint density at radius 1 is 1.29 bits per heavy atom. The first-order chi connectivity index (χ1) is 11.3. The van der Waals surface area contributed by atoms with Crippen molar-refractivity contribution in [3.63, 3.8) is 0 Å². The smallest absolute Gasteiger partial charge is 0.326 e. The van der Waals surface area contributed by atoms with Crippen molar-refractivity contribution in [2.75, 3.05) is 0 Å². The van der Waals surface area contributed by atoms with Crippen LogP contribution in [-0.2, 0) is 16.0 Å². The van der Waals surface area contributed by atoms with Gasteiger partial charge >= 0.3 is 5.97 Å². The molecule has 2 rings (SSSR count). The molecule has 1 unspecified atom stereocenters. The summed E-state index contributed by atoms with van der Waals surface area (Å²) in [4.78, 5) is 23.8. The number of carbonyl (C=O) groups excluding carboxylic acids is 1. The molecule has 0 heterocycles. The third-order valence-electron chi connectivity index (χ3n) is 4.49. The van der Waals surface area contributed by atoms with Crippen molar-refractivity contribution < 1.29 is 23.5 Å². The van der Waals surface area contributed by atoms with Gasteiger partial charge in [-0.05, 0) is 37.0 Å². The average molecular weight is 360 g/mol. The molecule has 0 bridgehead atoms. The number of amides is 1. The molecule has 4 nitrogen and oxygen atoms in total. The molecular formula is C17H20ClF2NO3. The highest BCUT2D eigenvalue weighted by molar-refractivity contribution is 6.30. The topological polar surface area (TPSA) is 66.4 Å². The summed E-state index contributed by atoms with van der Waals surface area (Å²) in [6.07, 6.45) is -0.368. The van der Waals surface area contributed by atoms with Crippen LogP contribution in [0.2, 0.25) is 5.02 Å². The maximum Gasteiger partial charge on any atom is 0.326 e. The van der Waals surface area contributed by atoms with Gasteiger partial charge in [-0.15, -0.1) is 0 Å². The van der Waals surface area contributed by atoms with Crippen LogP contribution < -0.4 is 5.32 Å². The number of aliphatic carboxylic acids is 1. The first-order valence-corrected chi connectivity index (χ1v) is 8.26. The summed E-state index contributed by atoms with van der Waals surface area (Å²) in [6.45, 7) is 0. The maximum atomic E-state index is 12.7. The van der Waals surface area contributed by atoms with Gasteiger partial charge < -0.3 is 10.4 Å². The molecule has 1 aromatic carbocycles. The monoisotopic (exact) mass is 359 g/mol. The minimum Gasteiger partial charge on any atom is -0.480 e. The average Bonchev–Trinajstić information content (AvgIpc) is 2.95. The Morgan fingerprint density at radius 2 is 1.96 bits per heavy atom. The zero-order valence-corrected chi connectivity index (χ0v) is 13.9. The second-order valence-corrected chi connectivity index (χ2v) is 6.72. The quantitative estimate of drug-likeness (QED) is 0.780. The van der Waals surface area contributed by atoms with Gasteiger partial charge in [0.1, 0.15) is 6.04 Å². The van der Waals surface area contributed by atoms with Crippen LogP contribution in [0, 0.1) is 5.41 Å². The zero-order valence-electron chi connectivity index (χ0n) is 13.1. The summed E-state index contributed by atoms with van der Waals surface area (Å²) in [7, 11) is 0. The molecule has 1 aromatic rings. The van der Waals surface area contributed by atoms with Crippen molar-refractivity contribution in [2.45, 2.75) is 51.0 Å². The second-order valence-electron chi connectivity index (χ2n) is 6.29. The Balaban J connectivity index is 2.16. The van der Waals surface area contributed by atoms with Gasteiger partial charge in [0.15, 0.2) is 0 Å². The molecule has 1 aliphatic rings. The second kappa shape index (κ2) is 7.92. The zero-order chi connectivity index (χ0) is 17.7. The van der Waals surface area contributed by atoms with Gasteiger partial charge in [-0.3, -0.25) is 4.79 Å². The largest absolute Gasteiger partial charge is 0.480 e. The number of nitrogens with one attached hydrogen (secondary N) is 1. The lowest BCUT2D eigenvalue weighted by atomic mass is 9.79. The molecule has 132 valence electrons. The van der Waals surface area contributed by atoms with E-state index in [0.717, 1.165) is 18.4 Å². The van der Waals surface area contributed by atoms with Crippen LogP contribution >= 0.6 is 11.6 Å². The van der Waals surface area contributed by atoms with Crippen LogP contribution in [0.5, 0.6) is 0 Å². The van der Waals surface area contributed by atoms with Crippen LogP contribution in [-0.4, -0.2) is 29.5 Å². The minimum atomic E-state index is -2.79. The normalized spacial score (nSPS) is 17.7. The van der Waals surface area contributed by atoms with Crippen LogP contribution in [0.4, 0.5) is 8.78 Å². The molecule has 1 aliphatic carbocycles. The molecule has 0 spiro atoms. The van der Waals surface area contributed by atoms with Crippen LogP contribution in [0.25, 0.3) is 0 Å². The van der Waals surface area contributed by atoms with Gasteiger partial charge in [-0.1, -0.05) is 36.6 Å². The first kappa shape index (κ1) is 18.6. The van der Waals surface area contributed by atoms with E-state index in [1.54, 1.807) is 18.2 Å². The first-order valence-electron chi connectivity index (χ1n) is 7.89. The van der Waals surface area contributed by atoms with E-state index >= 15 is 0 Å². The molecule has 1 atom stereocenters. The number of hydrogen-bond acceptors (Lipinski definition) is 2. The van der Waals surface area contributed by atoms with Crippen LogP contribution in [0.3, 0.4) is 0 Å². The molecule has 0 saturated heterocycles. The number of rotatable bonds is 7. The van der Waals surface area contributed by atoms with Crippen LogP contribution in [0.1, 0.15) is 37.7 Å². The van der Waals surface area contributed by atoms with E-state index in [0.29, 0.717) is 24.3 Å². The number of alkyl halides is 2. The van der Waals surface area contributed by atoms with Crippen molar-refractivity contribution in [1.82, 2.24) is 5.32 Å². The summed E-state index contributed by atoms with van der Waals surface area (Å²) in [5, 5.41) is 11.9. The van der Waals surface area contributed by atoms with Gasteiger partial charge in [0.25, 0.3) is 0 Å². The van der Waals surface area contributed by atoms with E-state index in [9.17, 15) is 18.4 Å². The third-order valence-corrected chi connectivity index (χ3v) is 4.73. The van der Waals surface area contributed by atoms with E-state index < -0.39 is 36.2 Å². The van der Waals surface area contributed by atoms with E-state index in [1.165, 1.54) is 0 Å². The van der Waals surface area contributed by atoms with E-state index in [-0.39, 0.29) is 0 Å². The Bertz CT molecular complexity index is 603. The van der Waals surface area contributed by atoms with Crippen LogP contribution in [0.15, 0.2) is 24.3 Å². The summed E-state index contributed by atoms with van der Waals surface area (Å²) in [5.74, 6) is -1.91.